The fraction of sp³-hybridized carbons (Fsp3) is 0.750. The van der Waals surface area contributed by atoms with Crippen molar-refractivity contribution < 1.29 is 0 Å². The Hall–Kier alpha value is 0.210. The van der Waals surface area contributed by atoms with Crippen LogP contribution in [0.2, 0.25) is 0 Å². The molecule has 0 amide bonds. The highest BCUT2D eigenvalue weighted by Crippen LogP contribution is 2.05. The van der Waals surface area contributed by atoms with E-state index in [0.717, 1.165) is 6.67 Å². The normalized spacial score (nSPS) is 34.3. The van der Waals surface area contributed by atoms with Gasteiger partial charge in [0.25, 0.3) is 0 Å². The van der Waals surface area contributed by atoms with E-state index in [2.05, 4.69) is 5.32 Å². The molecule has 2 nitrogen and oxygen atoms in total. The van der Waals surface area contributed by atoms with Gasteiger partial charge in [-0.1, -0.05) is 0 Å². The van der Waals surface area contributed by atoms with Crippen molar-refractivity contribution in [1.29, 1.82) is 0 Å². The van der Waals surface area contributed by atoms with E-state index in [-0.39, 0.29) is 5.50 Å². The molecule has 1 unspecified atom stereocenters. The maximum Gasteiger partial charge on any atom is 0.101 e. The fourth-order valence-electron chi connectivity index (χ4n) is 0.560. The zero-order chi connectivity index (χ0) is 5.28. The Bertz CT molecular complexity index is 58.7. The molecule has 0 saturated carbocycles. The van der Waals surface area contributed by atoms with Gasteiger partial charge in [0, 0.05) is 6.67 Å². The van der Waals surface area contributed by atoms with Gasteiger partial charge in [-0.05, 0) is 7.05 Å². The first-order valence-electron chi connectivity index (χ1n) is 2.22. The Balaban J connectivity index is 2.26. The quantitative estimate of drug-likeness (QED) is 0.362. The van der Waals surface area contributed by atoms with Gasteiger partial charge >= 0.3 is 0 Å². The summed E-state index contributed by atoms with van der Waals surface area (Å²) in [5.41, 5.74) is 0.0463. The Morgan fingerprint density at radius 1 is 2.00 bits per heavy atom. The number of halogens is 1. The van der Waals surface area contributed by atoms with Crippen LogP contribution >= 0.6 is 11.6 Å². The van der Waals surface area contributed by atoms with Crippen LogP contribution in [0.1, 0.15) is 0 Å². The average Bonchev–Trinajstić information content (AvgIpc) is 1.87. The van der Waals surface area contributed by atoms with Crippen molar-refractivity contribution in [2.24, 2.45) is 0 Å². The monoisotopic (exact) mass is 119 g/mol. The third-order valence-corrected chi connectivity index (χ3v) is 1.19. The van der Waals surface area contributed by atoms with Gasteiger partial charge < -0.3 is 0 Å². The van der Waals surface area contributed by atoms with E-state index in [1.807, 2.05) is 18.5 Å². The molecule has 1 heterocycles. The molecular weight excluding hydrogens is 112 g/mol. The van der Waals surface area contributed by atoms with Gasteiger partial charge in [0.15, 0.2) is 0 Å². The van der Waals surface area contributed by atoms with E-state index < -0.39 is 0 Å². The molecule has 0 bridgehead atoms. The molecule has 1 saturated heterocycles. The van der Waals surface area contributed by atoms with Crippen molar-refractivity contribution in [1.82, 2.24) is 10.2 Å². The van der Waals surface area contributed by atoms with Gasteiger partial charge in [-0.2, -0.15) is 0 Å². The largest absolute Gasteiger partial charge is 0.287 e. The van der Waals surface area contributed by atoms with E-state index in [9.17, 15) is 0 Å². The van der Waals surface area contributed by atoms with E-state index in [0.29, 0.717) is 0 Å². The van der Waals surface area contributed by atoms with Crippen LogP contribution in [0.4, 0.5) is 0 Å². The Morgan fingerprint density at radius 2 is 2.71 bits per heavy atom. The van der Waals surface area contributed by atoms with Gasteiger partial charge in [-0.25, -0.2) is 0 Å². The second-order valence-corrected chi connectivity index (χ2v) is 2.14. The number of nitrogens with one attached hydrogen (secondary N) is 1. The Kier molecular flexibility index (Phi) is 1.52. The third kappa shape index (κ3) is 1.30. The van der Waals surface area contributed by atoms with E-state index in [1.54, 1.807) is 0 Å². The van der Waals surface area contributed by atoms with Crippen molar-refractivity contribution in [2.45, 2.75) is 5.50 Å². The fourth-order valence-corrected chi connectivity index (χ4v) is 0.821. The first-order valence-corrected chi connectivity index (χ1v) is 2.65. The maximum atomic E-state index is 5.60. The highest BCUT2D eigenvalue weighted by atomic mass is 35.5. The molecule has 1 aliphatic heterocycles. The van der Waals surface area contributed by atoms with Crippen molar-refractivity contribution in [3.63, 3.8) is 0 Å². The standard InChI is InChI=1S/C4H8ClN2/c1-7-2-4(5)6-3-7/h2,4,6H,3H2,1H3. The lowest BCUT2D eigenvalue weighted by atomic mass is 10.6. The molecule has 1 atom stereocenters. The zero-order valence-electron chi connectivity index (χ0n) is 4.19. The summed E-state index contributed by atoms with van der Waals surface area (Å²) in [6, 6.07) is 0. The molecule has 1 rings (SSSR count). The summed E-state index contributed by atoms with van der Waals surface area (Å²) >= 11 is 5.60. The summed E-state index contributed by atoms with van der Waals surface area (Å²) in [7, 11) is 1.98. The number of hydrogen-bond acceptors (Lipinski definition) is 2. The minimum atomic E-state index is 0.0463. The molecule has 1 fully saturated rings. The molecular formula is C4H8ClN2. The second-order valence-electron chi connectivity index (χ2n) is 1.67. The lowest BCUT2D eigenvalue weighted by Crippen LogP contribution is -2.16. The summed E-state index contributed by atoms with van der Waals surface area (Å²) in [5.74, 6) is 0. The lowest BCUT2D eigenvalue weighted by Gasteiger charge is -1.99. The van der Waals surface area contributed by atoms with Gasteiger partial charge in [0.1, 0.15) is 5.50 Å². The molecule has 1 N–H and O–H groups in total. The summed E-state index contributed by atoms with van der Waals surface area (Å²) in [5, 5.41) is 3.01. The minimum Gasteiger partial charge on any atom is -0.287 e. The van der Waals surface area contributed by atoms with Crippen LogP contribution in [0.25, 0.3) is 0 Å². The zero-order valence-corrected chi connectivity index (χ0v) is 4.94. The van der Waals surface area contributed by atoms with Crippen molar-refractivity contribution in [3.8, 4) is 0 Å². The van der Waals surface area contributed by atoms with Crippen LogP contribution in [0, 0.1) is 6.54 Å². The Labute approximate surface area is 48.4 Å². The van der Waals surface area contributed by atoms with Gasteiger partial charge in [0.2, 0.25) is 0 Å². The van der Waals surface area contributed by atoms with Crippen LogP contribution in [0.15, 0.2) is 0 Å². The smallest absolute Gasteiger partial charge is 0.101 e. The molecule has 0 spiro atoms. The Morgan fingerprint density at radius 3 is 2.86 bits per heavy atom. The van der Waals surface area contributed by atoms with Crippen molar-refractivity contribution >= 4 is 11.6 Å². The predicted octanol–water partition coefficient (Wildman–Crippen LogP) is 0.206. The van der Waals surface area contributed by atoms with Gasteiger partial charge in [-0.3, -0.25) is 10.2 Å². The summed E-state index contributed by atoms with van der Waals surface area (Å²) < 4.78 is 0. The van der Waals surface area contributed by atoms with Gasteiger partial charge in [-0.15, -0.1) is 11.6 Å². The molecule has 7 heavy (non-hydrogen) atoms. The molecule has 0 aromatic carbocycles. The molecule has 41 valence electrons. The van der Waals surface area contributed by atoms with Crippen LogP contribution in [-0.2, 0) is 0 Å². The topological polar surface area (TPSA) is 15.3 Å². The predicted molar refractivity (Wildman–Crippen MR) is 29.7 cm³/mol. The van der Waals surface area contributed by atoms with Crippen LogP contribution in [-0.4, -0.2) is 24.1 Å². The summed E-state index contributed by atoms with van der Waals surface area (Å²) in [6.45, 7) is 2.80. The maximum absolute atomic E-state index is 5.60. The minimum absolute atomic E-state index is 0.0463. The van der Waals surface area contributed by atoms with Crippen molar-refractivity contribution in [3.05, 3.63) is 6.54 Å². The highest BCUT2D eigenvalue weighted by Gasteiger charge is 2.14. The van der Waals surface area contributed by atoms with Crippen molar-refractivity contribution in [2.75, 3.05) is 13.7 Å². The molecule has 0 aliphatic carbocycles. The molecule has 1 aliphatic rings. The van der Waals surface area contributed by atoms with E-state index in [1.165, 1.54) is 0 Å². The lowest BCUT2D eigenvalue weighted by molar-refractivity contribution is 0.460. The van der Waals surface area contributed by atoms with Crippen LogP contribution in [0.5, 0.6) is 0 Å². The first kappa shape index (κ1) is 5.35. The first-order chi connectivity index (χ1) is 3.29. The van der Waals surface area contributed by atoms with E-state index in [4.69, 9.17) is 11.6 Å². The number of hydrogen-bond donors (Lipinski definition) is 1. The SMILES string of the molecule is CN1[CH]C(Cl)NC1. The van der Waals surface area contributed by atoms with Crippen LogP contribution < -0.4 is 5.32 Å². The number of rotatable bonds is 0. The third-order valence-electron chi connectivity index (χ3n) is 0.921. The highest BCUT2D eigenvalue weighted by molar-refractivity contribution is 6.21. The molecule has 3 heteroatoms. The van der Waals surface area contributed by atoms with Crippen LogP contribution in [0.3, 0.4) is 0 Å². The molecule has 0 aromatic heterocycles. The number of nitrogens with zero attached hydrogens (tertiary/aromatic N) is 1. The van der Waals surface area contributed by atoms with E-state index >= 15 is 0 Å². The average molecular weight is 120 g/mol. The number of alkyl halides is 1. The number of likely N-dealkylation sites (N-methyl/N-ethyl adjacent to an activating group) is 1. The van der Waals surface area contributed by atoms with Gasteiger partial charge in [0.05, 0.1) is 6.54 Å². The molecule has 1 radical (unpaired) electrons. The molecule has 0 aromatic rings. The summed E-state index contributed by atoms with van der Waals surface area (Å²) in [6.07, 6.45) is 0. The summed E-state index contributed by atoms with van der Waals surface area (Å²) in [4.78, 5) is 2.01. The second kappa shape index (κ2) is 1.99.